The molecule has 39 heavy (non-hydrogen) atoms. The van der Waals surface area contributed by atoms with E-state index >= 15 is 4.39 Å². The summed E-state index contributed by atoms with van der Waals surface area (Å²) in [5, 5.41) is 11.1. The zero-order chi connectivity index (χ0) is 27.3. The molecular weight excluding hydrogens is 550 g/mol. The lowest BCUT2D eigenvalue weighted by Gasteiger charge is -2.33. The smallest absolute Gasteiger partial charge is 0.356 e. The number of imidazole rings is 1. The first-order valence-corrected chi connectivity index (χ1v) is 12.6. The highest BCUT2D eigenvalue weighted by molar-refractivity contribution is 6.31. The Kier molecular flexibility index (Phi) is 6.35. The Labute approximate surface area is 230 Å². The molecule has 0 spiro atoms. The van der Waals surface area contributed by atoms with Gasteiger partial charge in [-0.2, -0.15) is 4.68 Å². The molecule has 0 aliphatic carbocycles. The largest absolute Gasteiger partial charge is 0.464 e. The van der Waals surface area contributed by atoms with Gasteiger partial charge in [-0.1, -0.05) is 17.7 Å². The Morgan fingerprint density at radius 2 is 2.05 bits per heavy atom. The zero-order valence-electron chi connectivity index (χ0n) is 20.3. The fraction of sp³-hybridized carbons (Fsp3) is 0.240. The number of esters is 1. The van der Waals surface area contributed by atoms with Gasteiger partial charge in [-0.3, -0.25) is 4.79 Å². The highest BCUT2D eigenvalue weighted by atomic mass is 35.5. The van der Waals surface area contributed by atoms with E-state index in [1.807, 2.05) is 0 Å². The number of amides is 1. The Bertz CT molecular complexity index is 1640. The summed E-state index contributed by atoms with van der Waals surface area (Å²) >= 11 is 12.8. The number of tetrazole rings is 1. The number of carbonyl (C=O) groups excluding carboxylic acids is 2. The van der Waals surface area contributed by atoms with Gasteiger partial charge in [0.25, 0.3) is 0 Å². The number of halogens is 3. The van der Waals surface area contributed by atoms with E-state index in [0.717, 1.165) is 0 Å². The van der Waals surface area contributed by atoms with Crippen molar-refractivity contribution >= 4 is 40.8 Å². The van der Waals surface area contributed by atoms with Crippen LogP contribution in [0.1, 0.15) is 47.2 Å². The molecule has 1 unspecified atom stereocenters. The van der Waals surface area contributed by atoms with Gasteiger partial charge in [-0.25, -0.2) is 23.2 Å². The zero-order valence-corrected chi connectivity index (χ0v) is 21.8. The number of rotatable bonds is 5. The van der Waals surface area contributed by atoms with Crippen molar-refractivity contribution < 1.29 is 18.7 Å². The molecule has 198 valence electrons. The fourth-order valence-corrected chi connectivity index (χ4v) is 5.66. The third kappa shape index (κ3) is 4.25. The van der Waals surface area contributed by atoms with E-state index in [9.17, 15) is 9.59 Å². The highest BCUT2D eigenvalue weighted by Crippen LogP contribution is 2.44. The lowest BCUT2D eigenvalue weighted by Crippen LogP contribution is -2.40. The van der Waals surface area contributed by atoms with Crippen LogP contribution in [0.25, 0.3) is 22.6 Å². The maximum Gasteiger partial charge on any atom is 0.356 e. The van der Waals surface area contributed by atoms with Crippen LogP contribution in [0.5, 0.6) is 0 Å². The number of nitrogens with zero attached hydrogens (tertiary/aromatic N) is 8. The van der Waals surface area contributed by atoms with E-state index in [1.54, 1.807) is 29.3 Å². The Hall–Kier alpha value is -4.16. The van der Waals surface area contributed by atoms with E-state index in [0.29, 0.717) is 47.7 Å². The number of hydrogen-bond donors (Lipinski definition) is 0. The summed E-state index contributed by atoms with van der Waals surface area (Å²) in [5.74, 6) is -1.04. The molecule has 2 atom stereocenters. The molecule has 14 heteroatoms. The number of carbonyl (C=O) groups is 2. The Morgan fingerprint density at radius 1 is 1.21 bits per heavy atom. The van der Waals surface area contributed by atoms with Crippen LogP contribution in [0.2, 0.25) is 5.02 Å². The molecule has 1 aromatic carbocycles. The molecule has 5 heterocycles. The molecule has 0 N–H and O–H groups in total. The molecule has 2 aliphatic heterocycles. The van der Waals surface area contributed by atoms with Crippen LogP contribution in [0, 0.1) is 5.82 Å². The summed E-state index contributed by atoms with van der Waals surface area (Å²) in [4.78, 5) is 36.0. The number of pyridine rings is 1. The van der Waals surface area contributed by atoms with Gasteiger partial charge in [0, 0.05) is 29.5 Å². The van der Waals surface area contributed by atoms with Crippen molar-refractivity contribution in [2.24, 2.45) is 0 Å². The standard InChI is InChI=1S/C25H19Cl2FN8O3/c1-39-25(38)17-4-2-3-16(31-17)20-11-29-24(36(20)27)19-7-5-14-9-13(10-21(37)35(14)19)22-18(34-12-30-32-33-34)8-6-15(26)23(22)28/h2-4,6,8,10-12,14,19H,5,7,9H2,1H3/t14?,19-/m0/s1. The molecule has 6 rings (SSSR count). The number of aromatic nitrogens is 7. The highest BCUT2D eigenvalue weighted by Gasteiger charge is 2.43. The van der Waals surface area contributed by atoms with Crippen molar-refractivity contribution in [1.82, 2.24) is 39.2 Å². The number of ether oxygens (including phenoxy) is 1. The summed E-state index contributed by atoms with van der Waals surface area (Å²) < 4.78 is 22.8. The maximum atomic E-state index is 15.3. The van der Waals surface area contributed by atoms with Gasteiger partial charge in [0.1, 0.15) is 23.5 Å². The second-order valence-corrected chi connectivity index (χ2v) is 9.80. The topological polar surface area (TPSA) is 121 Å². The quantitative estimate of drug-likeness (QED) is 0.331. The first-order chi connectivity index (χ1) is 18.9. The van der Waals surface area contributed by atoms with Crippen LogP contribution >= 0.6 is 23.4 Å². The minimum absolute atomic E-state index is 0.0662. The van der Waals surface area contributed by atoms with Crippen molar-refractivity contribution in [1.29, 1.82) is 0 Å². The molecule has 1 fully saturated rings. The molecule has 11 nitrogen and oxygen atoms in total. The minimum Gasteiger partial charge on any atom is -0.464 e. The number of hydrogen-bond acceptors (Lipinski definition) is 8. The van der Waals surface area contributed by atoms with Gasteiger partial charge in [-0.15, -0.1) is 5.10 Å². The monoisotopic (exact) mass is 568 g/mol. The van der Waals surface area contributed by atoms with E-state index in [2.05, 4.69) is 25.5 Å². The third-order valence-electron chi connectivity index (χ3n) is 6.94. The van der Waals surface area contributed by atoms with Gasteiger partial charge in [0.05, 0.1) is 35.8 Å². The van der Waals surface area contributed by atoms with E-state index in [4.69, 9.17) is 28.1 Å². The second-order valence-electron chi connectivity index (χ2n) is 9.06. The van der Waals surface area contributed by atoms with Gasteiger partial charge in [0.15, 0.2) is 5.82 Å². The molecule has 1 amide bonds. The summed E-state index contributed by atoms with van der Waals surface area (Å²) in [7, 11) is 1.28. The van der Waals surface area contributed by atoms with E-state index in [1.165, 1.54) is 40.4 Å². The van der Waals surface area contributed by atoms with E-state index < -0.39 is 17.8 Å². The molecule has 2 aliphatic rings. The van der Waals surface area contributed by atoms with E-state index in [-0.39, 0.29) is 28.2 Å². The third-order valence-corrected chi connectivity index (χ3v) is 7.58. The van der Waals surface area contributed by atoms with Crippen LogP contribution < -0.4 is 0 Å². The predicted molar refractivity (Wildman–Crippen MR) is 137 cm³/mol. The SMILES string of the molecule is COC(=O)c1cccc(-c2cnc([C@@H]3CCC4CC(c5c(-n6cnnn6)ccc(Cl)c5F)=CC(=O)N43)n2Cl)n1. The average Bonchev–Trinajstić information content (AvgIpc) is 3.70. The summed E-state index contributed by atoms with van der Waals surface area (Å²) in [6.07, 6.45) is 5.98. The summed E-state index contributed by atoms with van der Waals surface area (Å²) in [6, 6.07) is 7.33. The molecule has 0 bridgehead atoms. The van der Waals surface area contributed by atoms with Crippen LogP contribution in [0.4, 0.5) is 4.39 Å². The van der Waals surface area contributed by atoms with Crippen molar-refractivity contribution in [2.75, 3.05) is 7.11 Å². The summed E-state index contributed by atoms with van der Waals surface area (Å²) in [5.41, 5.74) is 2.10. The number of benzene rings is 1. The first kappa shape index (κ1) is 25.1. The first-order valence-electron chi connectivity index (χ1n) is 11.9. The molecule has 0 saturated carbocycles. The Morgan fingerprint density at radius 3 is 2.82 bits per heavy atom. The van der Waals surface area contributed by atoms with Crippen LogP contribution in [0.15, 0.2) is 48.9 Å². The van der Waals surface area contributed by atoms with Gasteiger partial charge >= 0.3 is 5.97 Å². The van der Waals surface area contributed by atoms with Gasteiger partial charge < -0.3 is 9.64 Å². The Balaban J connectivity index is 1.33. The van der Waals surface area contributed by atoms with Crippen LogP contribution in [0.3, 0.4) is 0 Å². The van der Waals surface area contributed by atoms with Crippen LogP contribution in [-0.4, -0.2) is 64.2 Å². The van der Waals surface area contributed by atoms with Gasteiger partial charge in [-0.05, 0) is 59.5 Å². The molecule has 4 aromatic rings. The lowest BCUT2D eigenvalue weighted by molar-refractivity contribution is -0.129. The molecule has 0 radical (unpaired) electrons. The fourth-order valence-electron chi connectivity index (χ4n) is 5.22. The van der Waals surface area contributed by atoms with Gasteiger partial charge in [0.2, 0.25) is 5.91 Å². The van der Waals surface area contributed by atoms with Crippen LogP contribution in [-0.2, 0) is 9.53 Å². The lowest BCUT2D eigenvalue weighted by atomic mass is 9.92. The molecular formula is C25H19Cl2FN8O3. The second kappa shape index (κ2) is 9.86. The van der Waals surface area contributed by atoms with Crippen molar-refractivity contribution in [3.8, 4) is 17.1 Å². The van der Waals surface area contributed by atoms with Crippen molar-refractivity contribution in [2.45, 2.75) is 31.3 Å². The van der Waals surface area contributed by atoms with Crippen molar-refractivity contribution in [3.05, 3.63) is 76.9 Å². The normalized spacial score (nSPS) is 18.7. The average molecular weight is 569 g/mol. The minimum atomic E-state index is -0.644. The number of methoxy groups -OCH3 is 1. The molecule has 3 aromatic heterocycles. The maximum absolute atomic E-state index is 15.3. The predicted octanol–water partition coefficient (Wildman–Crippen LogP) is 4.02. The number of fused-ring (bicyclic) bond motifs is 1. The molecule has 1 saturated heterocycles. The van der Waals surface area contributed by atoms with Crippen molar-refractivity contribution in [3.63, 3.8) is 0 Å². The summed E-state index contributed by atoms with van der Waals surface area (Å²) in [6.45, 7) is 0.